The number of unbranched alkanes of at least 4 members (excludes halogenated alkanes) is 5. The largest absolute Gasteiger partial charge is 0.480 e. The lowest BCUT2D eigenvalue weighted by Gasteiger charge is -2.12. The van der Waals surface area contributed by atoms with Gasteiger partial charge in [-0.15, -0.1) is 0 Å². The molecule has 0 heterocycles. The monoisotopic (exact) mass is 332 g/mol. The van der Waals surface area contributed by atoms with Gasteiger partial charge in [-0.3, -0.25) is 0 Å². The molecule has 3 nitrogen and oxygen atoms in total. The van der Waals surface area contributed by atoms with Crippen LogP contribution >= 0.6 is 0 Å². The van der Waals surface area contributed by atoms with Gasteiger partial charge < -0.3 is 9.84 Å². The van der Waals surface area contributed by atoms with E-state index in [1.165, 1.54) is 56.1 Å². The standard InChI is InChI=1S/C21H32O3/c1-2-3-4-5-6-7-8-17-9-11-18(12-10-17)19-13-14-20(15-19)24-16-21(22)23/h9-12,19-20H,2-8,13-16H2,1H3,(H,22,23)/t19-,20?/m1/s1. The molecular formula is C21H32O3. The molecular weight excluding hydrogens is 300 g/mol. The third-order valence-electron chi connectivity index (χ3n) is 5.10. The molecule has 3 heteroatoms. The van der Waals surface area contributed by atoms with Crippen molar-refractivity contribution in [1.29, 1.82) is 0 Å². The number of hydrogen-bond acceptors (Lipinski definition) is 2. The van der Waals surface area contributed by atoms with Crippen molar-refractivity contribution in [1.82, 2.24) is 0 Å². The van der Waals surface area contributed by atoms with Gasteiger partial charge in [-0.2, -0.15) is 0 Å². The summed E-state index contributed by atoms with van der Waals surface area (Å²) >= 11 is 0. The van der Waals surface area contributed by atoms with Crippen molar-refractivity contribution in [3.8, 4) is 0 Å². The van der Waals surface area contributed by atoms with Crippen molar-refractivity contribution in [3.63, 3.8) is 0 Å². The highest BCUT2D eigenvalue weighted by Crippen LogP contribution is 2.36. The smallest absolute Gasteiger partial charge is 0.329 e. The van der Waals surface area contributed by atoms with Crippen molar-refractivity contribution in [2.24, 2.45) is 0 Å². The van der Waals surface area contributed by atoms with Crippen LogP contribution in [0.5, 0.6) is 0 Å². The van der Waals surface area contributed by atoms with E-state index in [4.69, 9.17) is 9.84 Å². The molecule has 1 saturated carbocycles. The number of aliphatic carboxylic acids is 1. The second kappa shape index (κ2) is 10.5. The number of ether oxygens (including phenoxy) is 1. The number of carbonyl (C=O) groups is 1. The van der Waals surface area contributed by atoms with Gasteiger partial charge in [0.1, 0.15) is 6.61 Å². The highest BCUT2D eigenvalue weighted by atomic mass is 16.5. The van der Waals surface area contributed by atoms with Gasteiger partial charge in [-0.05, 0) is 49.1 Å². The third kappa shape index (κ3) is 6.64. The quantitative estimate of drug-likeness (QED) is 0.557. The van der Waals surface area contributed by atoms with Gasteiger partial charge in [-0.25, -0.2) is 4.79 Å². The summed E-state index contributed by atoms with van der Waals surface area (Å²) in [6.07, 6.45) is 12.4. The molecule has 0 amide bonds. The van der Waals surface area contributed by atoms with E-state index in [9.17, 15) is 4.79 Å². The molecule has 0 spiro atoms. The molecule has 0 bridgehead atoms. The summed E-state index contributed by atoms with van der Waals surface area (Å²) in [5, 5.41) is 8.69. The lowest BCUT2D eigenvalue weighted by atomic mass is 9.95. The van der Waals surface area contributed by atoms with Crippen LogP contribution in [0.2, 0.25) is 0 Å². The van der Waals surface area contributed by atoms with Crippen molar-refractivity contribution < 1.29 is 14.6 Å². The molecule has 134 valence electrons. The van der Waals surface area contributed by atoms with Crippen molar-refractivity contribution >= 4 is 5.97 Å². The predicted octanol–water partition coefficient (Wildman–Crippen LogP) is 5.33. The van der Waals surface area contributed by atoms with Crippen LogP contribution in [0, 0.1) is 0 Å². The van der Waals surface area contributed by atoms with Gasteiger partial charge in [0, 0.05) is 0 Å². The van der Waals surface area contributed by atoms with Gasteiger partial charge in [-0.1, -0.05) is 63.3 Å². The van der Waals surface area contributed by atoms with Gasteiger partial charge in [0.15, 0.2) is 0 Å². The molecule has 1 unspecified atom stereocenters. The molecule has 0 saturated heterocycles. The molecule has 1 aliphatic rings. The molecule has 24 heavy (non-hydrogen) atoms. The Kier molecular flexibility index (Phi) is 8.31. The Morgan fingerprint density at radius 2 is 1.79 bits per heavy atom. The maximum atomic E-state index is 10.6. The predicted molar refractivity (Wildman–Crippen MR) is 97.5 cm³/mol. The summed E-state index contributed by atoms with van der Waals surface area (Å²) in [6.45, 7) is 2.08. The molecule has 1 fully saturated rings. The number of rotatable bonds is 11. The van der Waals surface area contributed by atoms with Crippen LogP contribution in [-0.2, 0) is 16.0 Å². The number of carboxylic acid groups (broad SMARTS) is 1. The van der Waals surface area contributed by atoms with Crippen LogP contribution < -0.4 is 0 Å². The second-order valence-corrected chi connectivity index (χ2v) is 7.10. The van der Waals surface area contributed by atoms with E-state index in [1.54, 1.807) is 0 Å². The van der Waals surface area contributed by atoms with Gasteiger partial charge in [0.05, 0.1) is 6.10 Å². The SMILES string of the molecule is CCCCCCCCc1ccc([C@@H]2CCC(OCC(=O)O)C2)cc1. The fraction of sp³-hybridized carbons (Fsp3) is 0.667. The van der Waals surface area contributed by atoms with E-state index >= 15 is 0 Å². The van der Waals surface area contributed by atoms with Gasteiger partial charge in [0.2, 0.25) is 0 Å². The van der Waals surface area contributed by atoms with E-state index < -0.39 is 5.97 Å². The summed E-state index contributed by atoms with van der Waals surface area (Å²) < 4.78 is 5.43. The van der Waals surface area contributed by atoms with Crippen LogP contribution in [0.3, 0.4) is 0 Å². The first kappa shape index (κ1) is 19.0. The Labute approximate surface area is 146 Å². The lowest BCUT2D eigenvalue weighted by molar-refractivity contribution is -0.144. The van der Waals surface area contributed by atoms with E-state index in [-0.39, 0.29) is 12.7 Å². The maximum Gasteiger partial charge on any atom is 0.329 e. The van der Waals surface area contributed by atoms with E-state index in [2.05, 4.69) is 31.2 Å². The number of carboxylic acids is 1. The molecule has 0 aromatic heterocycles. The number of hydrogen-bond donors (Lipinski definition) is 1. The molecule has 1 aromatic rings. The first-order chi connectivity index (χ1) is 11.7. The summed E-state index contributed by atoms with van der Waals surface area (Å²) in [7, 11) is 0. The Morgan fingerprint density at radius 3 is 2.50 bits per heavy atom. The first-order valence-corrected chi connectivity index (χ1v) is 9.61. The highest BCUT2D eigenvalue weighted by Gasteiger charge is 2.26. The third-order valence-corrected chi connectivity index (χ3v) is 5.10. The lowest BCUT2D eigenvalue weighted by Crippen LogP contribution is -2.15. The first-order valence-electron chi connectivity index (χ1n) is 9.61. The Hall–Kier alpha value is -1.35. The van der Waals surface area contributed by atoms with Gasteiger partial charge >= 0.3 is 5.97 Å². The highest BCUT2D eigenvalue weighted by molar-refractivity contribution is 5.68. The van der Waals surface area contributed by atoms with Crippen molar-refractivity contribution in [3.05, 3.63) is 35.4 Å². The topological polar surface area (TPSA) is 46.5 Å². The fourth-order valence-electron chi connectivity index (χ4n) is 3.65. The summed E-state index contributed by atoms with van der Waals surface area (Å²) in [5.74, 6) is -0.357. The Morgan fingerprint density at radius 1 is 1.08 bits per heavy atom. The fourth-order valence-corrected chi connectivity index (χ4v) is 3.65. The van der Waals surface area contributed by atoms with Crippen LogP contribution in [0.1, 0.15) is 81.8 Å². The van der Waals surface area contributed by atoms with Crippen molar-refractivity contribution in [2.75, 3.05) is 6.61 Å². The minimum atomic E-state index is -0.877. The van der Waals surface area contributed by atoms with Crippen LogP contribution in [0.4, 0.5) is 0 Å². The minimum absolute atomic E-state index is 0.105. The number of benzene rings is 1. The molecule has 2 atom stereocenters. The summed E-state index contributed by atoms with van der Waals surface area (Å²) in [4.78, 5) is 10.6. The average Bonchev–Trinajstić information content (AvgIpc) is 3.06. The summed E-state index contributed by atoms with van der Waals surface area (Å²) in [6, 6.07) is 9.06. The number of aryl methyl sites for hydroxylation is 1. The molecule has 2 rings (SSSR count). The second-order valence-electron chi connectivity index (χ2n) is 7.10. The zero-order valence-electron chi connectivity index (χ0n) is 15.0. The normalized spacial score (nSPS) is 20.4. The molecule has 1 aromatic carbocycles. The zero-order valence-corrected chi connectivity index (χ0v) is 15.0. The van der Waals surface area contributed by atoms with E-state index in [1.807, 2.05) is 0 Å². The molecule has 0 aliphatic heterocycles. The molecule has 0 radical (unpaired) electrons. The van der Waals surface area contributed by atoms with Crippen molar-refractivity contribution in [2.45, 2.75) is 83.2 Å². The Bertz CT molecular complexity index is 480. The van der Waals surface area contributed by atoms with E-state index in [0.29, 0.717) is 5.92 Å². The van der Waals surface area contributed by atoms with E-state index in [0.717, 1.165) is 19.3 Å². The molecule has 1 aliphatic carbocycles. The summed E-state index contributed by atoms with van der Waals surface area (Å²) in [5.41, 5.74) is 2.81. The minimum Gasteiger partial charge on any atom is -0.480 e. The van der Waals surface area contributed by atoms with Crippen LogP contribution in [0.25, 0.3) is 0 Å². The van der Waals surface area contributed by atoms with Gasteiger partial charge in [0.25, 0.3) is 0 Å². The van der Waals surface area contributed by atoms with Crippen LogP contribution in [0.15, 0.2) is 24.3 Å². The average molecular weight is 332 g/mol. The zero-order chi connectivity index (χ0) is 17.2. The molecule has 1 N–H and O–H groups in total. The Balaban J connectivity index is 1.69. The van der Waals surface area contributed by atoms with Crippen LogP contribution in [-0.4, -0.2) is 23.8 Å². The maximum absolute atomic E-state index is 10.6.